The van der Waals surface area contributed by atoms with Gasteiger partial charge in [-0.2, -0.15) is 0 Å². The third-order valence-electron chi connectivity index (χ3n) is 3.55. The Hall–Kier alpha value is -2.77. The zero-order valence-electron chi connectivity index (χ0n) is 13.4. The van der Waals surface area contributed by atoms with Crippen LogP contribution in [0.4, 0.5) is 14.5 Å². The largest absolute Gasteiger partial charge is 0.456 e. The Balaban J connectivity index is 1.65. The molecule has 2 amide bonds. The molecule has 0 unspecified atom stereocenters. The standard InChI is InChI=1S/C17H18F2N2O4/c18-13-6-5-12(8-14(13)19)21-15(22)9-20-16(23)10-25-17(24)7-11-3-1-2-4-11/h1,3,5-6,8,11H,2,4,7,9-10H2,(H,20,23)(H,21,22)/t11-/m1/s1. The van der Waals surface area contributed by atoms with E-state index in [0.717, 1.165) is 25.0 Å². The molecule has 0 saturated carbocycles. The van der Waals surface area contributed by atoms with Gasteiger partial charge in [0.1, 0.15) is 0 Å². The van der Waals surface area contributed by atoms with Crippen LogP contribution < -0.4 is 10.6 Å². The predicted octanol–water partition coefficient (Wildman–Crippen LogP) is 1.92. The van der Waals surface area contributed by atoms with Crippen molar-refractivity contribution < 1.29 is 27.9 Å². The summed E-state index contributed by atoms with van der Waals surface area (Å²) >= 11 is 0. The van der Waals surface area contributed by atoms with Crippen LogP contribution in [0.25, 0.3) is 0 Å². The molecule has 1 aliphatic rings. The number of amides is 2. The van der Waals surface area contributed by atoms with E-state index in [1.165, 1.54) is 6.07 Å². The number of benzene rings is 1. The third-order valence-corrected chi connectivity index (χ3v) is 3.55. The highest BCUT2D eigenvalue weighted by Crippen LogP contribution is 2.20. The fraction of sp³-hybridized carbons (Fsp3) is 0.353. The maximum Gasteiger partial charge on any atom is 0.306 e. The summed E-state index contributed by atoms with van der Waals surface area (Å²) in [6.07, 6.45) is 6.00. The van der Waals surface area contributed by atoms with Gasteiger partial charge < -0.3 is 15.4 Å². The lowest BCUT2D eigenvalue weighted by molar-refractivity contribution is -0.149. The monoisotopic (exact) mass is 352 g/mol. The average molecular weight is 352 g/mol. The SMILES string of the molecule is O=C(COC(=O)C[C@@H]1C=CCC1)NCC(=O)Nc1ccc(F)c(F)c1. The summed E-state index contributed by atoms with van der Waals surface area (Å²) in [5.74, 6) is -3.69. The highest BCUT2D eigenvalue weighted by Gasteiger charge is 2.16. The maximum atomic E-state index is 13.0. The number of esters is 1. The van der Waals surface area contributed by atoms with E-state index in [0.29, 0.717) is 0 Å². The summed E-state index contributed by atoms with van der Waals surface area (Å²) in [7, 11) is 0. The number of carbonyl (C=O) groups is 3. The number of hydrogen-bond acceptors (Lipinski definition) is 4. The van der Waals surface area contributed by atoms with Crippen molar-refractivity contribution in [2.45, 2.75) is 19.3 Å². The molecule has 0 bridgehead atoms. The van der Waals surface area contributed by atoms with E-state index in [1.54, 1.807) is 0 Å². The summed E-state index contributed by atoms with van der Waals surface area (Å²) in [5, 5.41) is 4.57. The van der Waals surface area contributed by atoms with Crippen LogP contribution in [0, 0.1) is 17.6 Å². The highest BCUT2D eigenvalue weighted by atomic mass is 19.2. The van der Waals surface area contributed by atoms with E-state index in [2.05, 4.69) is 10.6 Å². The zero-order chi connectivity index (χ0) is 18.2. The van der Waals surface area contributed by atoms with E-state index in [1.807, 2.05) is 12.2 Å². The summed E-state index contributed by atoms with van der Waals surface area (Å²) in [6.45, 7) is -0.867. The van der Waals surface area contributed by atoms with Crippen molar-refractivity contribution in [1.82, 2.24) is 5.32 Å². The van der Waals surface area contributed by atoms with Crippen LogP contribution in [0.3, 0.4) is 0 Å². The minimum Gasteiger partial charge on any atom is -0.456 e. The molecule has 0 aliphatic heterocycles. The molecule has 2 rings (SSSR count). The first-order chi connectivity index (χ1) is 11.9. The molecule has 6 nitrogen and oxygen atoms in total. The van der Waals surface area contributed by atoms with Crippen molar-refractivity contribution in [3.63, 3.8) is 0 Å². The first-order valence-electron chi connectivity index (χ1n) is 7.78. The van der Waals surface area contributed by atoms with E-state index >= 15 is 0 Å². The van der Waals surface area contributed by atoms with Gasteiger partial charge in [0.15, 0.2) is 18.2 Å². The Labute approximate surface area is 143 Å². The van der Waals surface area contributed by atoms with Gasteiger partial charge in [0, 0.05) is 11.8 Å². The number of anilines is 1. The van der Waals surface area contributed by atoms with Crippen LogP contribution in [0.1, 0.15) is 19.3 Å². The summed E-state index contributed by atoms with van der Waals surface area (Å²) in [6, 6.07) is 2.90. The molecular weight excluding hydrogens is 334 g/mol. The number of hydrogen-bond donors (Lipinski definition) is 2. The first kappa shape index (κ1) is 18.6. The Morgan fingerprint density at radius 2 is 1.96 bits per heavy atom. The van der Waals surface area contributed by atoms with Crippen LogP contribution in [-0.2, 0) is 19.1 Å². The smallest absolute Gasteiger partial charge is 0.306 e. The zero-order valence-corrected chi connectivity index (χ0v) is 13.4. The average Bonchev–Trinajstić information content (AvgIpc) is 3.07. The Kier molecular flexibility index (Phi) is 6.62. The van der Waals surface area contributed by atoms with Crippen molar-refractivity contribution in [2.75, 3.05) is 18.5 Å². The molecule has 0 aromatic heterocycles. The van der Waals surface area contributed by atoms with Gasteiger partial charge in [-0.25, -0.2) is 8.78 Å². The number of nitrogens with one attached hydrogen (secondary N) is 2. The number of halogens is 2. The van der Waals surface area contributed by atoms with Crippen molar-refractivity contribution in [2.24, 2.45) is 5.92 Å². The van der Waals surface area contributed by atoms with E-state index in [4.69, 9.17) is 4.74 Å². The van der Waals surface area contributed by atoms with Crippen LogP contribution in [-0.4, -0.2) is 30.9 Å². The Bertz CT molecular complexity index is 691. The molecule has 0 radical (unpaired) electrons. The molecule has 1 aliphatic carbocycles. The van der Waals surface area contributed by atoms with Crippen molar-refractivity contribution in [3.05, 3.63) is 42.0 Å². The normalized spacial score (nSPS) is 15.7. The van der Waals surface area contributed by atoms with E-state index in [9.17, 15) is 23.2 Å². The molecular formula is C17H18F2N2O4. The summed E-state index contributed by atoms with van der Waals surface area (Å²) in [4.78, 5) is 34.7. The predicted molar refractivity (Wildman–Crippen MR) is 85.4 cm³/mol. The molecule has 134 valence electrons. The fourth-order valence-corrected chi connectivity index (χ4v) is 2.29. The van der Waals surface area contributed by atoms with Crippen molar-refractivity contribution in [3.8, 4) is 0 Å². The van der Waals surface area contributed by atoms with Gasteiger partial charge in [-0.3, -0.25) is 14.4 Å². The molecule has 2 N–H and O–H groups in total. The lowest BCUT2D eigenvalue weighted by Crippen LogP contribution is -2.35. The molecule has 0 fully saturated rings. The molecule has 1 aromatic rings. The summed E-state index contributed by atoms with van der Waals surface area (Å²) < 4.78 is 30.6. The maximum absolute atomic E-state index is 13.0. The van der Waals surface area contributed by atoms with Crippen molar-refractivity contribution >= 4 is 23.5 Å². The Morgan fingerprint density at radius 3 is 2.64 bits per heavy atom. The minimum absolute atomic E-state index is 0.0641. The minimum atomic E-state index is -1.09. The van der Waals surface area contributed by atoms with Crippen LogP contribution >= 0.6 is 0 Å². The molecule has 0 spiro atoms. The molecule has 0 saturated heterocycles. The molecule has 25 heavy (non-hydrogen) atoms. The van der Waals surface area contributed by atoms with Gasteiger partial charge >= 0.3 is 5.97 Å². The van der Waals surface area contributed by atoms with Gasteiger partial charge in [-0.05, 0) is 30.9 Å². The lowest BCUT2D eigenvalue weighted by Gasteiger charge is -2.09. The van der Waals surface area contributed by atoms with Crippen molar-refractivity contribution in [1.29, 1.82) is 0 Å². The van der Waals surface area contributed by atoms with Gasteiger partial charge in [-0.15, -0.1) is 0 Å². The van der Waals surface area contributed by atoms with E-state index < -0.39 is 36.0 Å². The van der Waals surface area contributed by atoms with Gasteiger partial charge in [-0.1, -0.05) is 12.2 Å². The second kappa shape index (κ2) is 8.91. The fourth-order valence-electron chi connectivity index (χ4n) is 2.29. The van der Waals surface area contributed by atoms with E-state index in [-0.39, 0.29) is 24.6 Å². The second-order valence-corrected chi connectivity index (χ2v) is 5.58. The number of rotatable bonds is 7. The number of ether oxygens (including phenoxy) is 1. The topological polar surface area (TPSA) is 84.5 Å². The molecule has 1 aromatic carbocycles. The second-order valence-electron chi connectivity index (χ2n) is 5.58. The van der Waals surface area contributed by atoms with Crippen LogP contribution in [0.5, 0.6) is 0 Å². The number of allylic oxidation sites excluding steroid dienone is 2. The first-order valence-corrected chi connectivity index (χ1v) is 7.78. The molecule has 1 atom stereocenters. The number of carbonyl (C=O) groups excluding carboxylic acids is 3. The quantitative estimate of drug-likeness (QED) is 0.580. The third kappa shape index (κ3) is 6.33. The van der Waals surface area contributed by atoms with Gasteiger partial charge in [0.2, 0.25) is 5.91 Å². The summed E-state index contributed by atoms with van der Waals surface area (Å²) in [5.41, 5.74) is 0.0641. The van der Waals surface area contributed by atoms with Crippen LogP contribution in [0.15, 0.2) is 30.4 Å². The lowest BCUT2D eigenvalue weighted by atomic mass is 10.1. The molecule has 0 heterocycles. The van der Waals surface area contributed by atoms with Gasteiger partial charge in [0.25, 0.3) is 5.91 Å². The Morgan fingerprint density at radius 1 is 1.16 bits per heavy atom. The van der Waals surface area contributed by atoms with Crippen LogP contribution in [0.2, 0.25) is 0 Å². The molecule has 8 heteroatoms. The highest BCUT2D eigenvalue weighted by molar-refractivity contribution is 5.94. The van der Waals surface area contributed by atoms with Gasteiger partial charge in [0.05, 0.1) is 13.0 Å².